The third kappa shape index (κ3) is 2.65. The molecule has 2 rings (SSSR count). The van der Waals surface area contributed by atoms with Crippen molar-refractivity contribution in [1.82, 2.24) is 4.98 Å². The fourth-order valence-corrected chi connectivity index (χ4v) is 2.20. The van der Waals surface area contributed by atoms with Crippen LogP contribution in [-0.2, 0) is 16.0 Å². The van der Waals surface area contributed by atoms with Gasteiger partial charge in [0.05, 0.1) is 19.2 Å². The van der Waals surface area contributed by atoms with Crippen molar-refractivity contribution in [2.45, 2.75) is 6.42 Å². The molecular weight excluding hydrogens is 257 g/mol. The zero-order chi connectivity index (χ0) is 13.1. The molecule has 0 atom stereocenters. The van der Waals surface area contributed by atoms with E-state index in [9.17, 15) is 9.18 Å². The Labute approximate surface area is 107 Å². The third-order valence-electron chi connectivity index (χ3n) is 2.30. The second kappa shape index (κ2) is 5.14. The molecule has 0 aliphatic rings. The van der Waals surface area contributed by atoms with Crippen molar-refractivity contribution in [3.8, 4) is 16.3 Å². The second-order valence-electron chi connectivity index (χ2n) is 3.56. The molecular formula is C12H10FNO3S. The third-order valence-corrected chi connectivity index (χ3v) is 3.24. The summed E-state index contributed by atoms with van der Waals surface area (Å²) < 4.78 is 17.7. The number of esters is 1. The molecule has 1 heterocycles. The van der Waals surface area contributed by atoms with E-state index in [1.165, 1.54) is 30.6 Å². The summed E-state index contributed by atoms with van der Waals surface area (Å²) in [6, 6.07) is 4.04. The Bertz CT molecular complexity index is 582. The summed E-state index contributed by atoms with van der Waals surface area (Å²) in [6.07, 6.45) is 0.0908. The van der Waals surface area contributed by atoms with Crippen molar-refractivity contribution in [2.24, 2.45) is 0 Å². The Balaban J connectivity index is 2.23. The van der Waals surface area contributed by atoms with Gasteiger partial charge in [-0.15, -0.1) is 11.3 Å². The number of hydrogen-bond acceptors (Lipinski definition) is 5. The number of phenolic OH excluding ortho intramolecular Hbond substituents is 1. The molecule has 0 aliphatic heterocycles. The topological polar surface area (TPSA) is 59.4 Å². The normalized spacial score (nSPS) is 10.3. The minimum atomic E-state index is -0.697. The number of halogens is 1. The maximum absolute atomic E-state index is 13.2. The number of carbonyl (C=O) groups excluding carboxylic acids is 1. The monoisotopic (exact) mass is 267 g/mol. The molecule has 1 aromatic heterocycles. The number of phenols is 1. The SMILES string of the molecule is COC(=O)Cc1csc(-c2ccc(O)c(F)c2)n1. The number of carbonyl (C=O) groups is 1. The van der Waals surface area contributed by atoms with Crippen LogP contribution in [0.4, 0.5) is 4.39 Å². The maximum Gasteiger partial charge on any atom is 0.311 e. The molecule has 0 saturated heterocycles. The van der Waals surface area contributed by atoms with Gasteiger partial charge in [-0.3, -0.25) is 4.79 Å². The van der Waals surface area contributed by atoms with E-state index in [2.05, 4.69) is 9.72 Å². The Kier molecular flexibility index (Phi) is 3.57. The molecule has 2 aromatic rings. The first-order chi connectivity index (χ1) is 8.60. The number of nitrogens with zero attached hydrogens (tertiary/aromatic N) is 1. The molecule has 0 aliphatic carbocycles. The van der Waals surface area contributed by atoms with Crippen LogP contribution in [0.1, 0.15) is 5.69 Å². The minimum absolute atomic E-state index is 0.0908. The molecule has 4 nitrogen and oxygen atoms in total. The molecule has 0 unspecified atom stereocenters. The molecule has 0 bridgehead atoms. The molecule has 1 aromatic carbocycles. The van der Waals surface area contributed by atoms with Crippen molar-refractivity contribution in [3.63, 3.8) is 0 Å². The average Bonchev–Trinajstić information content (AvgIpc) is 2.81. The maximum atomic E-state index is 13.2. The van der Waals surface area contributed by atoms with E-state index >= 15 is 0 Å². The average molecular weight is 267 g/mol. The lowest BCUT2D eigenvalue weighted by Crippen LogP contribution is -2.04. The van der Waals surface area contributed by atoms with E-state index < -0.39 is 11.6 Å². The predicted molar refractivity (Wildman–Crippen MR) is 64.9 cm³/mol. The highest BCUT2D eigenvalue weighted by atomic mass is 32.1. The van der Waals surface area contributed by atoms with E-state index in [1.807, 2.05) is 0 Å². The second-order valence-corrected chi connectivity index (χ2v) is 4.42. The minimum Gasteiger partial charge on any atom is -0.505 e. The van der Waals surface area contributed by atoms with E-state index in [4.69, 9.17) is 5.11 Å². The molecule has 0 fully saturated rings. The van der Waals surface area contributed by atoms with Crippen molar-refractivity contribution >= 4 is 17.3 Å². The standard InChI is InChI=1S/C12H10FNO3S/c1-17-11(16)5-8-6-18-12(14-8)7-2-3-10(15)9(13)4-7/h2-4,6,15H,5H2,1H3. The highest BCUT2D eigenvalue weighted by Crippen LogP contribution is 2.27. The number of methoxy groups -OCH3 is 1. The first-order valence-corrected chi connectivity index (χ1v) is 5.98. The van der Waals surface area contributed by atoms with Crippen molar-refractivity contribution < 1.29 is 19.0 Å². The van der Waals surface area contributed by atoms with Gasteiger partial charge in [0.25, 0.3) is 0 Å². The van der Waals surface area contributed by atoms with Crippen LogP contribution in [0.3, 0.4) is 0 Å². The summed E-state index contributed by atoms with van der Waals surface area (Å²) in [6.45, 7) is 0. The summed E-state index contributed by atoms with van der Waals surface area (Å²) >= 11 is 1.30. The highest BCUT2D eigenvalue weighted by Gasteiger charge is 2.10. The highest BCUT2D eigenvalue weighted by molar-refractivity contribution is 7.13. The van der Waals surface area contributed by atoms with E-state index in [0.717, 1.165) is 0 Å². The number of rotatable bonds is 3. The van der Waals surface area contributed by atoms with Crippen LogP contribution < -0.4 is 0 Å². The molecule has 6 heteroatoms. The summed E-state index contributed by atoms with van der Waals surface area (Å²) in [5, 5.41) is 11.4. The Morgan fingerprint density at radius 2 is 2.33 bits per heavy atom. The van der Waals surface area contributed by atoms with Crippen LogP contribution in [0.15, 0.2) is 23.6 Å². The van der Waals surface area contributed by atoms with E-state index in [-0.39, 0.29) is 12.4 Å². The quantitative estimate of drug-likeness (QED) is 0.867. The van der Waals surface area contributed by atoms with Crippen LogP contribution in [0, 0.1) is 5.82 Å². The van der Waals surface area contributed by atoms with Gasteiger partial charge in [-0.05, 0) is 18.2 Å². The van der Waals surface area contributed by atoms with Crippen molar-refractivity contribution in [1.29, 1.82) is 0 Å². The Hall–Kier alpha value is -1.95. The molecule has 1 N–H and O–H groups in total. The molecule has 0 radical (unpaired) electrons. The largest absolute Gasteiger partial charge is 0.505 e. The first-order valence-electron chi connectivity index (χ1n) is 5.10. The van der Waals surface area contributed by atoms with Crippen LogP contribution in [0.2, 0.25) is 0 Å². The van der Waals surface area contributed by atoms with Gasteiger partial charge in [-0.2, -0.15) is 0 Å². The van der Waals surface area contributed by atoms with Gasteiger partial charge >= 0.3 is 5.97 Å². The summed E-state index contributed by atoms with van der Waals surface area (Å²) in [5.74, 6) is -1.47. The number of ether oxygens (including phenoxy) is 1. The summed E-state index contributed by atoms with van der Waals surface area (Å²) in [4.78, 5) is 15.3. The van der Waals surface area contributed by atoms with Crippen LogP contribution in [-0.4, -0.2) is 23.2 Å². The molecule has 0 spiro atoms. The van der Waals surface area contributed by atoms with Crippen LogP contribution >= 0.6 is 11.3 Å². The van der Waals surface area contributed by atoms with Gasteiger partial charge in [-0.1, -0.05) is 0 Å². The number of thiazole rings is 1. The van der Waals surface area contributed by atoms with Crippen molar-refractivity contribution in [2.75, 3.05) is 7.11 Å². The predicted octanol–water partition coefficient (Wildman–Crippen LogP) is 2.37. The van der Waals surface area contributed by atoms with E-state index in [1.54, 1.807) is 11.4 Å². The fourth-order valence-electron chi connectivity index (χ4n) is 1.38. The van der Waals surface area contributed by atoms with Gasteiger partial charge in [0.2, 0.25) is 0 Å². The number of aromatic nitrogens is 1. The van der Waals surface area contributed by atoms with Gasteiger partial charge < -0.3 is 9.84 Å². The Morgan fingerprint density at radius 3 is 3.00 bits per heavy atom. The van der Waals surface area contributed by atoms with E-state index in [0.29, 0.717) is 16.3 Å². The first kappa shape index (κ1) is 12.5. The lowest BCUT2D eigenvalue weighted by atomic mass is 10.2. The zero-order valence-corrected chi connectivity index (χ0v) is 10.3. The molecule has 94 valence electrons. The van der Waals surface area contributed by atoms with Crippen LogP contribution in [0.5, 0.6) is 5.75 Å². The summed E-state index contributed by atoms with van der Waals surface area (Å²) in [7, 11) is 1.31. The number of hydrogen-bond donors (Lipinski definition) is 1. The molecule has 18 heavy (non-hydrogen) atoms. The van der Waals surface area contributed by atoms with Crippen molar-refractivity contribution in [3.05, 3.63) is 35.1 Å². The zero-order valence-electron chi connectivity index (χ0n) is 9.51. The Morgan fingerprint density at radius 1 is 1.56 bits per heavy atom. The molecule has 0 saturated carbocycles. The van der Waals surface area contributed by atoms with Gasteiger partial charge in [0.15, 0.2) is 11.6 Å². The smallest absolute Gasteiger partial charge is 0.311 e. The van der Waals surface area contributed by atoms with Gasteiger partial charge in [0, 0.05) is 10.9 Å². The number of benzene rings is 1. The molecule has 0 amide bonds. The lowest BCUT2D eigenvalue weighted by Gasteiger charge is -1.98. The lowest BCUT2D eigenvalue weighted by molar-refractivity contribution is -0.139. The summed E-state index contributed by atoms with van der Waals surface area (Å²) in [5.41, 5.74) is 1.14. The number of aromatic hydroxyl groups is 1. The van der Waals surface area contributed by atoms with Gasteiger partial charge in [-0.25, -0.2) is 9.37 Å². The fraction of sp³-hybridized carbons (Fsp3) is 0.167. The van der Waals surface area contributed by atoms with Crippen LogP contribution in [0.25, 0.3) is 10.6 Å². The van der Waals surface area contributed by atoms with Gasteiger partial charge in [0.1, 0.15) is 5.01 Å².